The van der Waals surface area contributed by atoms with Crippen LogP contribution >= 0.6 is 34.8 Å². The molecule has 36 heavy (non-hydrogen) atoms. The van der Waals surface area contributed by atoms with Gasteiger partial charge >= 0.3 is 0 Å². The molecule has 0 atom stereocenters. The lowest BCUT2D eigenvalue weighted by Crippen LogP contribution is -2.19. The highest BCUT2D eigenvalue weighted by molar-refractivity contribution is 6.31. The Morgan fingerprint density at radius 2 is 0.639 bits per heavy atom. The van der Waals surface area contributed by atoms with Crippen LogP contribution in [-0.2, 0) is 0 Å². The van der Waals surface area contributed by atoms with Crippen LogP contribution in [0.5, 0.6) is 0 Å². The molecule has 0 bridgehead atoms. The molecule has 4 aromatic carbocycles. The van der Waals surface area contributed by atoms with Crippen LogP contribution in [0.25, 0.3) is 0 Å². The molecular weight excluding hydrogens is 521 g/mol. The van der Waals surface area contributed by atoms with E-state index in [1.807, 2.05) is 0 Å². The summed E-state index contributed by atoms with van der Waals surface area (Å²) in [4.78, 5) is 39.0. The Bertz CT molecular complexity index is 1230. The molecule has 0 spiro atoms. The molecular formula is C27H18Cl3N3O3. The molecule has 0 saturated carbocycles. The summed E-state index contributed by atoms with van der Waals surface area (Å²) in [5.74, 6) is -1.50. The van der Waals surface area contributed by atoms with Crippen molar-refractivity contribution in [1.29, 1.82) is 0 Å². The first-order chi connectivity index (χ1) is 17.3. The van der Waals surface area contributed by atoms with Gasteiger partial charge in [0.2, 0.25) is 0 Å². The summed E-state index contributed by atoms with van der Waals surface area (Å²) in [5.41, 5.74) is 1.88. The Kier molecular flexibility index (Phi) is 7.90. The van der Waals surface area contributed by atoms with E-state index in [0.29, 0.717) is 32.1 Å². The second-order valence-corrected chi connectivity index (χ2v) is 8.99. The van der Waals surface area contributed by atoms with Crippen molar-refractivity contribution in [3.8, 4) is 0 Å². The maximum Gasteiger partial charge on any atom is 0.255 e. The van der Waals surface area contributed by atoms with Crippen LogP contribution < -0.4 is 16.0 Å². The fourth-order valence-corrected chi connectivity index (χ4v) is 3.61. The van der Waals surface area contributed by atoms with Crippen molar-refractivity contribution < 1.29 is 14.4 Å². The molecule has 0 unspecified atom stereocenters. The third kappa shape index (κ3) is 6.64. The third-order valence-electron chi connectivity index (χ3n) is 5.03. The lowest BCUT2D eigenvalue weighted by atomic mass is 10.0. The summed E-state index contributed by atoms with van der Waals surface area (Å²) < 4.78 is 0. The molecule has 3 amide bonds. The standard InChI is InChI=1S/C27H18Cl3N3O3/c28-19-1-7-22(8-2-19)31-25(34)16-13-17(26(35)32-23-9-3-20(29)4-10-23)15-18(14-16)27(36)33-24-11-5-21(30)6-12-24/h1-15H,(H,31,34)(H,32,35)(H,33,36). The van der Waals surface area contributed by atoms with E-state index in [0.717, 1.165) is 0 Å². The Balaban J connectivity index is 1.64. The Hall–Kier alpha value is -3.84. The predicted octanol–water partition coefficient (Wildman–Crippen LogP) is 7.40. The van der Waals surface area contributed by atoms with Crippen LogP contribution in [0.2, 0.25) is 15.1 Å². The van der Waals surface area contributed by atoms with Gasteiger partial charge in [-0.3, -0.25) is 14.4 Å². The number of amides is 3. The van der Waals surface area contributed by atoms with Crippen molar-refractivity contribution in [1.82, 2.24) is 0 Å². The number of rotatable bonds is 6. The number of nitrogens with one attached hydrogen (secondary N) is 3. The van der Waals surface area contributed by atoms with E-state index in [1.54, 1.807) is 72.8 Å². The van der Waals surface area contributed by atoms with Gasteiger partial charge in [-0.15, -0.1) is 0 Å². The molecule has 4 rings (SSSR count). The monoisotopic (exact) mass is 537 g/mol. The summed E-state index contributed by atoms with van der Waals surface area (Å²) in [6.45, 7) is 0. The maximum atomic E-state index is 13.0. The van der Waals surface area contributed by atoms with Gasteiger partial charge in [0.25, 0.3) is 17.7 Å². The molecule has 0 radical (unpaired) electrons. The lowest BCUT2D eigenvalue weighted by Gasteiger charge is -2.12. The van der Waals surface area contributed by atoms with E-state index in [2.05, 4.69) is 16.0 Å². The highest BCUT2D eigenvalue weighted by Crippen LogP contribution is 2.20. The molecule has 0 aromatic heterocycles. The van der Waals surface area contributed by atoms with E-state index in [-0.39, 0.29) is 16.7 Å². The molecule has 180 valence electrons. The van der Waals surface area contributed by atoms with Gasteiger partial charge < -0.3 is 16.0 Å². The first kappa shape index (κ1) is 25.3. The van der Waals surface area contributed by atoms with Gasteiger partial charge in [0, 0.05) is 48.8 Å². The highest BCUT2D eigenvalue weighted by atomic mass is 35.5. The maximum absolute atomic E-state index is 13.0. The Morgan fingerprint density at radius 3 is 0.861 bits per heavy atom. The average Bonchev–Trinajstić information content (AvgIpc) is 2.87. The number of hydrogen-bond acceptors (Lipinski definition) is 3. The summed E-state index contributed by atoms with van der Waals surface area (Å²) in [7, 11) is 0. The number of carbonyl (C=O) groups excluding carboxylic acids is 3. The van der Waals surface area contributed by atoms with Gasteiger partial charge in [0.1, 0.15) is 0 Å². The molecule has 0 aliphatic heterocycles. The normalized spacial score (nSPS) is 10.4. The molecule has 0 heterocycles. The van der Waals surface area contributed by atoms with Crippen molar-refractivity contribution in [3.63, 3.8) is 0 Å². The lowest BCUT2D eigenvalue weighted by molar-refractivity contribution is 0.102. The quantitative estimate of drug-likeness (QED) is 0.239. The molecule has 0 aliphatic rings. The van der Waals surface area contributed by atoms with Crippen molar-refractivity contribution in [3.05, 3.63) is 123 Å². The van der Waals surface area contributed by atoms with Gasteiger partial charge in [-0.2, -0.15) is 0 Å². The van der Waals surface area contributed by atoms with Crippen molar-refractivity contribution in [2.45, 2.75) is 0 Å². The van der Waals surface area contributed by atoms with Gasteiger partial charge in [-0.05, 0) is 91.0 Å². The molecule has 0 saturated heterocycles. The first-order valence-electron chi connectivity index (χ1n) is 10.6. The summed E-state index contributed by atoms with van der Waals surface area (Å²) in [6.07, 6.45) is 0. The predicted molar refractivity (Wildman–Crippen MR) is 145 cm³/mol. The van der Waals surface area contributed by atoms with E-state index in [9.17, 15) is 14.4 Å². The van der Waals surface area contributed by atoms with Crippen LogP contribution in [0.15, 0.2) is 91.0 Å². The fourth-order valence-electron chi connectivity index (χ4n) is 3.23. The summed E-state index contributed by atoms with van der Waals surface area (Å²) >= 11 is 17.7. The van der Waals surface area contributed by atoms with Gasteiger partial charge in [-0.25, -0.2) is 0 Å². The average molecular weight is 539 g/mol. The van der Waals surface area contributed by atoms with Gasteiger partial charge in [0.15, 0.2) is 0 Å². The molecule has 0 fully saturated rings. The van der Waals surface area contributed by atoms with E-state index < -0.39 is 17.7 Å². The van der Waals surface area contributed by atoms with E-state index in [1.165, 1.54) is 18.2 Å². The second kappa shape index (κ2) is 11.3. The number of carbonyl (C=O) groups is 3. The Labute approximate surface area is 222 Å². The number of hydrogen-bond donors (Lipinski definition) is 3. The van der Waals surface area contributed by atoms with Gasteiger partial charge in [0.05, 0.1) is 0 Å². The number of halogens is 3. The van der Waals surface area contributed by atoms with Gasteiger partial charge in [-0.1, -0.05) is 34.8 Å². The number of benzene rings is 4. The molecule has 6 nitrogen and oxygen atoms in total. The minimum Gasteiger partial charge on any atom is -0.322 e. The molecule has 0 aliphatic carbocycles. The fraction of sp³-hybridized carbons (Fsp3) is 0. The van der Waals surface area contributed by atoms with Crippen molar-refractivity contribution >= 4 is 69.6 Å². The second-order valence-electron chi connectivity index (χ2n) is 7.68. The summed E-state index contributed by atoms with van der Waals surface area (Å²) in [5, 5.41) is 9.79. The van der Waals surface area contributed by atoms with Crippen LogP contribution in [0.4, 0.5) is 17.1 Å². The largest absolute Gasteiger partial charge is 0.322 e. The summed E-state index contributed by atoms with van der Waals surface area (Å²) in [6, 6.07) is 23.9. The first-order valence-corrected chi connectivity index (χ1v) is 11.8. The number of anilines is 3. The zero-order chi connectivity index (χ0) is 25.7. The van der Waals surface area contributed by atoms with Crippen LogP contribution in [0, 0.1) is 0 Å². The zero-order valence-corrected chi connectivity index (χ0v) is 20.8. The zero-order valence-electron chi connectivity index (χ0n) is 18.5. The molecule has 4 aromatic rings. The van der Waals surface area contributed by atoms with Crippen LogP contribution in [0.3, 0.4) is 0 Å². The minimum atomic E-state index is -0.501. The van der Waals surface area contributed by atoms with Crippen molar-refractivity contribution in [2.24, 2.45) is 0 Å². The third-order valence-corrected chi connectivity index (χ3v) is 5.78. The SMILES string of the molecule is O=C(Nc1ccc(Cl)cc1)c1cc(C(=O)Nc2ccc(Cl)cc2)cc(C(=O)Nc2ccc(Cl)cc2)c1. The van der Waals surface area contributed by atoms with E-state index in [4.69, 9.17) is 34.8 Å². The smallest absolute Gasteiger partial charge is 0.255 e. The van der Waals surface area contributed by atoms with Crippen LogP contribution in [0.1, 0.15) is 31.1 Å². The van der Waals surface area contributed by atoms with Crippen LogP contribution in [-0.4, -0.2) is 17.7 Å². The van der Waals surface area contributed by atoms with E-state index >= 15 is 0 Å². The van der Waals surface area contributed by atoms with Crippen molar-refractivity contribution in [2.75, 3.05) is 16.0 Å². The highest BCUT2D eigenvalue weighted by Gasteiger charge is 2.17. The molecule has 9 heteroatoms. The Morgan fingerprint density at radius 1 is 0.417 bits per heavy atom. The topological polar surface area (TPSA) is 87.3 Å². The molecule has 3 N–H and O–H groups in total. The minimum absolute atomic E-state index is 0.120.